The molecule has 1 unspecified atom stereocenters. The maximum Gasteiger partial charge on any atom is 1.00 e. The summed E-state index contributed by atoms with van der Waals surface area (Å²) in [5.74, 6) is -1.16. The normalized spacial score (nSPS) is 12.8. The first-order valence-corrected chi connectivity index (χ1v) is 4.65. The largest absolute Gasteiger partial charge is 1.00 e. The van der Waals surface area contributed by atoms with E-state index in [1.165, 1.54) is 0 Å². The van der Waals surface area contributed by atoms with Crippen LogP contribution in [0.25, 0.3) is 0 Å². The second-order valence-electron chi connectivity index (χ2n) is 3.34. The average molecular weight is 336 g/mol. The van der Waals surface area contributed by atoms with E-state index in [1.54, 1.807) is 0 Å². The molecule has 8 heteroatoms. The third kappa shape index (κ3) is 4.17. The van der Waals surface area contributed by atoms with Gasteiger partial charge in [0.15, 0.2) is 0 Å². The van der Waals surface area contributed by atoms with Gasteiger partial charge in [-0.3, -0.25) is 0 Å². The third-order valence-electron chi connectivity index (χ3n) is 2.22. The Kier molecular flexibility index (Phi) is 7.34. The van der Waals surface area contributed by atoms with Gasteiger partial charge in [-0.2, -0.15) is 13.2 Å². The summed E-state index contributed by atoms with van der Waals surface area (Å²) in [6.45, 7) is -0.384. The Morgan fingerprint density at radius 2 is 2.00 bits per heavy atom. The average Bonchev–Trinajstić information content (AvgIpc) is 2.26. The monoisotopic (exact) mass is 335 g/mol. The van der Waals surface area contributed by atoms with Crippen molar-refractivity contribution < 1.29 is 86.3 Å². The molecule has 1 rings (SSSR count). The molecule has 0 bridgehead atoms. The van der Waals surface area contributed by atoms with Crippen LogP contribution in [0, 0.1) is 0 Å². The minimum Gasteiger partial charge on any atom is -0.870 e. The van der Waals surface area contributed by atoms with E-state index in [4.69, 9.17) is 5.73 Å². The third-order valence-corrected chi connectivity index (χ3v) is 2.22. The van der Waals surface area contributed by atoms with Gasteiger partial charge in [0.05, 0.1) is 18.8 Å². The Balaban J connectivity index is 0.00000289. The summed E-state index contributed by atoms with van der Waals surface area (Å²) >= 11 is 0. The summed E-state index contributed by atoms with van der Waals surface area (Å²) in [5, 5.41) is 20.6. The number of hydrogen-bond donors (Lipinski definition) is 2. The summed E-state index contributed by atoms with van der Waals surface area (Å²) in [6, 6.07) is 1.26. The van der Waals surface area contributed by atoms with Crippen molar-refractivity contribution in [2.24, 2.45) is 5.73 Å². The van der Waals surface area contributed by atoms with Gasteiger partial charge in [0.1, 0.15) is 5.75 Å². The molecule has 0 aliphatic rings. The molecule has 1 aromatic rings. The van der Waals surface area contributed by atoms with Crippen LogP contribution in [-0.2, 0) is 6.18 Å². The molecule has 96 valence electrons. The molecule has 4 nitrogen and oxygen atoms in total. The Hall–Kier alpha value is 0.335. The van der Waals surface area contributed by atoms with E-state index < -0.39 is 29.2 Å². The van der Waals surface area contributed by atoms with E-state index in [1.807, 2.05) is 0 Å². The fourth-order valence-electron chi connectivity index (χ4n) is 1.38. The molecule has 3 N–H and O–H groups in total. The first-order valence-electron chi connectivity index (χ1n) is 4.65. The van der Waals surface area contributed by atoms with Crippen molar-refractivity contribution in [3.8, 4) is 11.5 Å². The van der Waals surface area contributed by atoms with E-state index >= 15 is 0 Å². The molecule has 0 saturated heterocycles. The topological polar surface area (TPSA) is 78.5 Å². The van der Waals surface area contributed by atoms with E-state index in [9.17, 15) is 23.4 Å². The molecule has 0 aliphatic carbocycles. The number of aliphatic hydroxyl groups excluding tert-OH is 1. The van der Waals surface area contributed by atoms with Crippen molar-refractivity contribution >= 4 is 0 Å². The maximum absolute atomic E-state index is 12.6. The van der Waals surface area contributed by atoms with Crippen LogP contribution < -0.4 is 73.8 Å². The SMILES string of the molecule is COc1cc(C(O)CN)c(C(F)(F)F)cc1[O-].[Rb+]. The van der Waals surface area contributed by atoms with Gasteiger partial charge in [-0.1, -0.05) is 11.8 Å². The molecular formula is C10H11F3NO3Rb. The first-order chi connectivity index (χ1) is 7.81. The predicted octanol–water partition coefficient (Wildman–Crippen LogP) is -2.22. The molecule has 18 heavy (non-hydrogen) atoms. The van der Waals surface area contributed by atoms with Gasteiger partial charge < -0.3 is 20.7 Å². The molecule has 0 amide bonds. The van der Waals surface area contributed by atoms with E-state index in [0.717, 1.165) is 13.2 Å². The molecule has 0 fully saturated rings. The zero-order valence-electron chi connectivity index (χ0n) is 9.91. The number of hydrogen-bond acceptors (Lipinski definition) is 4. The Morgan fingerprint density at radius 3 is 2.39 bits per heavy atom. The fourth-order valence-corrected chi connectivity index (χ4v) is 1.38. The van der Waals surface area contributed by atoms with Crippen molar-refractivity contribution in [2.75, 3.05) is 13.7 Å². The zero-order valence-corrected chi connectivity index (χ0v) is 14.8. The van der Waals surface area contributed by atoms with Gasteiger partial charge in [-0.25, -0.2) is 0 Å². The molecule has 1 atom stereocenters. The summed E-state index contributed by atoms with van der Waals surface area (Å²) in [6.07, 6.45) is -6.22. The Morgan fingerprint density at radius 1 is 1.44 bits per heavy atom. The standard InChI is InChI=1S/C10H12F3NO3.Rb/c1-17-9-2-5(8(16)4-14)6(3-7(9)15)10(11,12)13;/h2-3,8,15-16H,4,14H2,1H3;/q;+1/p-1. The van der Waals surface area contributed by atoms with E-state index in [-0.39, 0.29) is 70.5 Å². The minimum absolute atomic E-state index is 0. The van der Waals surface area contributed by atoms with Crippen molar-refractivity contribution in [2.45, 2.75) is 12.3 Å². The van der Waals surface area contributed by atoms with Gasteiger partial charge in [0.2, 0.25) is 0 Å². The number of nitrogens with two attached hydrogens (primary N) is 1. The quantitative estimate of drug-likeness (QED) is 0.656. The molecule has 0 radical (unpaired) electrons. The van der Waals surface area contributed by atoms with Crippen LogP contribution in [-0.4, -0.2) is 18.8 Å². The van der Waals surface area contributed by atoms with Crippen LogP contribution in [0.15, 0.2) is 12.1 Å². The maximum atomic E-state index is 12.6. The van der Waals surface area contributed by atoms with Crippen LogP contribution in [0.3, 0.4) is 0 Å². The predicted molar refractivity (Wildman–Crippen MR) is 51.5 cm³/mol. The smallest absolute Gasteiger partial charge is 0.870 e. The number of benzene rings is 1. The van der Waals surface area contributed by atoms with E-state index in [2.05, 4.69) is 4.74 Å². The summed E-state index contributed by atoms with van der Waals surface area (Å²) in [5.41, 5.74) is 3.45. The molecule has 0 saturated carbocycles. The minimum atomic E-state index is -4.73. The van der Waals surface area contributed by atoms with Gasteiger partial charge >= 0.3 is 64.4 Å². The molecule has 0 aliphatic heterocycles. The molecule has 0 aromatic heterocycles. The van der Waals surface area contributed by atoms with Crippen molar-refractivity contribution in [3.63, 3.8) is 0 Å². The summed E-state index contributed by atoms with van der Waals surface area (Å²) < 4.78 is 42.5. The zero-order chi connectivity index (χ0) is 13.2. The molecular weight excluding hydrogens is 325 g/mol. The second kappa shape index (κ2) is 7.21. The molecule has 0 heterocycles. The van der Waals surface area contributed by atoms with Gasteiger partial charge in [-0.15, -0.1) is 0 Å². The summed E-state index contributed by atoms with van der Waals surface area (Å²) in [7, 11) is 1.16. The molecule has 1 aromatic carbocycles. The first kappa shape index (κ1) is 18.3. The van der Waals surface area contributed by atoms with Gasteiger partial charge in [0, 0.05) is 6.54 Å². The number of methoxy groups -OCH3 is 1. The van der Waals surface area contributed by atoms with Crippen LogP contribution in [0.2, 0.25) is 0 Å². The van der Waals surface area contributed by atoms with Crippen molar-refractivity contribution in [1.82, 2.24) is 0 Å². The van der Waals surface area contributed by atoms with Gasteiger partial charge in [-0.05, 0) is 11.6 Å². The Labute approximate surface area is 151 Å². The van der Waals surface area contributed by atoms with Crippen molar-refractivity contribution in [1.29, 1.82) is 0 Å². The number of rotatable bonds is 3. The Bertz CT molecular complexity index is 412. The summed E-state index contributed by atoms with van der Waals surface area (Å²) in [4.78, 5) is 0. The number of alkyl halides is 3. The van der Waals surface area contributed by atoms with Crippen LogP contribution >= 0.6 is 0 Å². The number of halogens is 3. The number of aliphatic hydroxyl groups is 1. The van der Waals surface area contributed by atoms with Crippen LogP contribution in [0.5, 0.6) is 11.5 Å². The fraction of sp³-hybridized carbons (Fsp3) is 0.400. The van der Waals surface area contributed by atoms with Crippen LogP contribution in [0.1, 0.15) is 17.2 Å². The molecule has 0 spiro atoms. The number of ether oxygens (including phenoxy) is 1. The van der Waals surface area contributed by atoms with Gasteiger partial charge in [0.25, 0.3) is 0 Å². The van der Waals surface area contributed by atoms with Crippen LogP contribution in [0.4, 0.5) is 13.2 Å². The van der Waals surface area contributed by atoms with E-state index in [0.29, 0.717) is 6.07 Å². The van der Waals surface area contributed by atoms with Crippen molar-refractivity contribution in [3.05, 3.63) is 23.3 Å². The second-order valence-corrected chi connectivity index (χ2v) is 3.34.